The third-order valence-electron chi connectivity index (χ3n) is 2.93. The lowest BCUT2D eigenvalue weighted by atomic mass is 9.87. The highest BCUT2D eigenvalue weighted by atomic mass is 16.5. The fourth-order valence-corrected chi connectivity index (χ4v) is 1.95. The van der Waals surface area contributed by atoms with Crippen LogP contribution in [0, 0.1) is 5.92 Å². The van der Waals surface area contributed by atoms with Crippen LogP contribution in [0.1, 0.15) is 32.6 Å². The number of rotatable bonds is 5. The number of ether oxygens (including phenoxy) is 2. The average molecular weight is 256 g/mol. The molecule has 1 saturated carbocycles. The first kappa shape index (κ1) is 14.7. The van der Waals surface area contributed by atoms with Gasteiger partial charge < -0.3 is 14.6 Å². The van der Waals surface area contributed by atoms with E-state index in [1.165, 1.54) is 0 Å². The molecule has 0 saturated heterocycles. The monoisotopic (exact) mass is 256 g/mol. The topological polar surface area (TPSA) is 72.8 Å². The van der Waals surface area contributed by atoms with Gasteiger partial charge in [0, 0.05) is 0 Å². The summed E-state index contributed by atoms with van der Waals surface area (Å²) in [5.74, 6) is -1.20. The molecule has 0 amide bonds. The molecule has 1 aliphatic rings. The van der Waals surface area contributed by atoms with Crippen LogP contribution in [0.25, 0.3) is 0 Å². The van der Waals surface area contributed by atoms with Crippen molar-refractivity contribution in [3.05, 3.63) is 12.2 Å². The molecule has 0 bridgehead atoms. The van der Waals surface area contributed by atoms with Crippen LogP contribution < -0.4 is 0 Å². The molecule has 0 radical (unpaired) electrons. The van der Waals surface area contributed by atoms with Gasteiger partial charge in [-0.3, -0.25) is 4.79 Å². The molecule has 2 unspecified atom stereocenters. The van der Waals surface area contributed by atoms with Crippen molar-refractivity contribution in [3.8, 4) is 0 Å². The maximum absolute atomic E-state index is 11.7. The van der Waals surface area contributed by atoms with E-state index in [4.69, 9.17) is 9.47 Å². The molecule has 1 aliphatic carbocycles. The Kier molecular flexibility index (Phi) is 5.85. The summed E-state index contributed by atoms with van der Waals surface area (Å²) in [6, 6.07) is 0. The summed E-state index contributed by atoms with van der Waals surface area (Å²) in [7, 11) is 0. The van der Waals surface area contributed by atoms with Gasteiger partial charge in [-0.05, 0) is 26.2 Å². The van der Waals surface area contributed by atoms with Crippen molar-refractivity contribution in [1.82, 2.24) is 0 Å². The van der Waals surface area contributed by atoms with Crippen LogP contribution in [0.4, 0.5) is 0 Å². The number of hydrogen-bond donors (Lipinski definition) is 1. The van der Waals surface area contributed by atoms with Crippen LogP contribution in [0.3, 0.4) is 0 Å². The molecular weight excluding hydrogens is 236 g/mol. The van der Waals surface area contributed by atoms with Crippen molar-refractivity contribution in [1.29, 1.82) is 0 Å². The smallest absolute Gasteiger partial charge is 0.336 e. The molecule has 2 atom stereocenters. The van der Waals surface area contributed by atoms with Gasteiger partial charge in [-0.1, -0.05) is 13.0 Å². The lowest BCUT2D eigenvalue weighted by Gasteiger charge is -2.24. The fourth-order valence-electron chi connectivity index (χ4n) is 1.95. The molecule has 5 nitrogen and oxygen atoms in total. The van der Waals surface area contributed by atoms with Crippen molar-refractivity contribution in [3.63, 3.8) is 0 Å². The van der Waals surface area contributed by atoms with Gasteiger partial charge in [-0.15, -0.1) is 0 Å². The van der Waals surface area contributed by atoms with Crippen LogP contribution in [0.5, 0.6) is 0 Å². The van der Waals surface area contributed by atoms with Crippen molar-refractivity contribution < 1.29 is 24.2 Å². The zero-order valence-corrected chi connectivity index (χ0v) is 10.7. The van der Waals surface area contributed by atoms with Crippen molar-refractivity contribution in [2.75, 3.05) is 13.2 Å². The Balaban J connectivity index is 2.32. The molecule has 0 aromatic heterocycles. The highest BCUT2D eigenvalue weighted by Crippen LogP contribution is 2.25. The fraction of sp³-hybridized carbons (Fsp3) is 0.692. The summed E-state index contributed by atoms with van der Waals surface area (Å²) >= 11 is 0. The van der Waals surface area contributed by atoms with E-state index in [-0.39, 0.29) is 30.7 Å². The van der Waals surface area contributed by atoms with Gasteiger partial charge in [-0.25, -0.2) is 4.79 Å². The number of carbonyl (C=O) groups excluding carboxylic acids is 2. The van der Waals surface area contributed by atoms with Crippen molar-refractivity contribution >= 4 is 11.9 Å². The molecule has 0 heterocycles. The van der Waals surface area contributed by atoms with Crippen LogP contribution in [-0.2, 0) is 19.1 Å². The van der Waals surface area contributed by atoms with E-state index in [0.29, 0.717) is 6.42 Å². The summed E-state index contributed by atoms with van der Waals surface area (Å²) in [5, 5.41) is 9.46. The van der Waals surface area contributed by atoms with E-state index >= 15 is 0 Å². The van der Waals surface area contributed by atoms with Gasteiger partial charge in [0.15, 0.2) is 0 Å². The number of aliphatic hydroxyl groups is 1. The van der Waals surface area contributed by atoms with Gasteiger partial charge in [0.1, 0.15) is 6.61 Å². The van der Waals surface area contributed by atoms with Gasteiger partial charge in [0.25, 0.3) is 0 Å². The Bertz CT molecular complexity index is 323. The molecule has 5 heteroatoms. The van der Waals surface area contributed by atoms with Gasteiger partial charge >= 0.3 is 11.9 Å². The maximum Gasteiger partial charge on any atom is 0.336 e. The second kappa shape index (κ2) is 7.16. The van der Waals surface area contributed by atoms with E-state index in [1.807, 2.05) is 0 Å². The van der Waals surface area contributed by atoms with Crippen LogP contribution >= 0.6 is 0 Å². The first-order chi connectivity index (χ1) is 8.54. The summed E-state index contributed by atoms with van der Waals surface area (Å²) in [5.41, 5.74) is 0.126. The third kappa shape index (κ3) is 4.49. The second-order valence-corrected chi connectivity index (χ2v) is 4.45. The first-order valence-corrected chi connectivity index (χ1v) is 6.24. The van der Waals surface area contributed by atoms with E-state index in [1.54, 1.807) is 6.92 Å². The summed E-state index contributed by atoms with van der Waals surface area (Å²) in [4.78, 5) is 22.9. The van der Waals surface area contributed by atoms with E-state index in [0.717, 1.165) is 19.3 Å². The average Bonchev–Trinajstić information content (AvgIpc) is 2.35. The third-order valence-corrected chi connectivity index (χ3v) is 2.93. The largest absolute Gasteiger partial charge is 0.463 e. The Labute approximate surface area is 107 Å². The normalized spacial score (nSPS) is 23.2. The molecule has 1 N–H and O–H groups in total. The Morgan fingerprint density at radius 2 is 2.06 bits per heavy atom. The number of carbonyl (C=O) groups is 2. The SMILES string of the molecule is C=C(COC(=O)C1CCCC(O)C1)C(=O)OCC. The Morgan fingerprint density at radius 3 is 2.67 bits per heavy atom. The Hall–Kier alpha value is -1.36. The van der Waals surface area contributed by atoms with Crippen LogP contribution in [0.15, 0.2) is 12.2 Å². The molecule has 1 fully saturated rings. The van der Waals surface area contributed by atoms with E-state index in [9.17, 15) is 14.7 Å². The molecule has 0 aromatic rings. The summed E-state index contributed by atoms with van der Waals surface area (Å²) in [6.45, 7) is 5.32. The lowest BCUT2D eigenvalue weighted by molar-refractivity contribution is -0.151. The number of esters is 2. The standard InChI is InChI=1S/C13H20O5/c1-3-17-12(15)9(2)8-18-13(16)10-5-4-6-11(14)7-10/h10-11,14H,2-8H2,1H3. The van der Waals surface area contributed by atoms with Gasteiger partial charge in [0.2, 0.25) is 0 Å². The molecule has 0 spiro atoms. The molecule has 18 heavy (non-hydrogen) atoms. The lowest BCUT2D eigenvalue weighted by Crippen LogP contribution is -2.28. The minimum Gasteiger partial charge on any atom is -0.463 e. The molecule has 0 aromatic carbocycles. The molecule has 1 rings (SSSR count). The zero-order chi connectivity index (χ0) is 13.5. The number of hydrogen-bond acceptors (Lipinski definition) is 5. The van der Waals surface area contributed by atoms with Gasteiger partial charge in [-0.2, -0.15) is 0 Å². The summed E-state index contributed by atoms with van der Waals surface area (Å²) < 4.78 is 9.74. The van der Waals surface area contributed by atoms with Crippen molar-refractivity contribution in [2.45, 2.75) is 38.7 Å². The van der Waals surface area contributed by atoms with E-state index < -0.39 is 12.1 Å². The highest BCUT2D eigenvalue weighted by Gasteiger charge is 2.27. The quantitative estimate of drug-likeness (QED) is 0.591. The van der Waals surface area contributed by atoms with Crippen LogP contribution in [0.2, 0.25) is 0 Å². The molecular formula is C13H20O5. The van der Waals surface area contributed by atoms with Crippen LogP contribution in [-0.4, -0.2) is 36.4 Å². The maximum atomic E-state index is 11.7. The van der Waals surface area contributed by atoms with Gasteiger partial charge in [0.05, 0.1) is 24.2 Å². The first-order valence-electron chi connectivity index (χ1n) is 6.24. The molecule has 102 valence electrons. The molecule has 0 aliphatic heterocycles. The van der Waals surface area contributed by atoms with Crippen molar-refractivity contribution in [2.24, 2.45) is 5.92 Å². The predicted octanol–water partition coefficient (Wildman–Crippen LogP) is 1.20. The number of aliphatic hydroxyl groups excluding tert-OH is 1. The second-order valence-electron chi connectivity index (χ2n) is 4.45. The highest BCUT2D eigenvalue weighted by molar-refractivity contribution is 5.88. The predicted molar refractivity (Wildman–Crippen MR) is 64.7 cm³/mol. The minimum absolute atomic E-state index is 0.126. The van der Waals surface area contributed by atoms with E-state index in [2.05, 4.69) is 6.58 Å². The zero-order valence-electron chi connectivity index (χ0n) is 10.7. The summed E-state index contributed by atoms with van der Waals surface area (Å²) in [6.07, 6.45) is 2.29. The minimum atomic E-state index is -0.547. The Morgan fingerprint density at radius 1 is 1.33 bits per heavy atom.